The Hall–Kier alpha value is -0.520. The Morgan fingerprint density at radius 1 is 1.30 bits per heavy atom. The van der Waals surface area contributed by atoms with Crippen LogP contribution >= 0.6 is 15.9 Å². The summed E-state index contributed by atoms with van der Waals surface area (Å²) < 4.78 is 34.0. The Kier molecular flexibility index (Phi) is 5.15. The third-order valence-electron chi connectivity index (χ3n) is 3.98. The van der Waals surface area contributed by atoms with E-state index in [1.165, 1.54) is 6.07 Å². The minimum Gasteiger partial charge on any atom is -0.385 e. The minimum atomic E-state index is -1.29. The van der Waals surface area contributed by atoms with Gasteiger partial charge in [-0.1, -0.05) is 19.3 Å². The van der Waals surface area contributed by atoms with Crippen LogP contribution in [0.5, 0.6) is 0 Å². The molecule has 2 nitrogen and oxygen atoms in total. The van der Waals surface area contributed by atoms with Gasteiger partial charge in [0, 0.05) is 6.61 Å². The van der Waals surface area contributed by atoms with E-state index in [4.69, 9.17) is 4.74 Å². The van der Waals surface area contributed by atoms with E-state index in [1.807, 2.05) is 6.92 Å². The van der Waals surface area contributed by atoms with Gasteiger partial charge in [0.2, 0.25) is 0 Å². The van der Waals surface area contributed by atoms with Gasteiger partial charge in [0.1, 0.15) is 17.7 Å². The molecule has 1 atom stereocenters. The normalized spacial score (nSPS) is 19.9. The summed E-state index contributed by atoms with van der Waals surface area (Å²) in [4.78, 5) is 0. The van der Waals surface area contributed by atoms with Gasteiger partial charge in [0.05, 0.1) is 15.6 Å². The van der Waals surface area contributed by atoms with Crippen molar-refractivity contribution in [1.29, 1.82) is 0 Å². The molecule has 0 amide bonds. The molecular formula is C15H19BrF2O2. The van der Waals surface area contributed by atoms with Gasteiger partial charge in [-0.2, -0.15) is 0 Å². The highest BCUT2D eigenvalue weighted by molar-refractivity contribution is 9.10. The summed E-state index contributed by atoms with van der Waals surface area (Å²) in [5.74, 6) is -1.48. The molecule has 1 unspecified atom stereocenters. The first-order valence-corrected chi connectivity index (χ1v) is 7.76. The molecule has 1 N–H and O–H groups in total. The van der Waals surface area contributed by atoms with E-state index in [-0.39, 0.29) is 10.0 Å². The van der Waals surface area contributed by atoms with Crippen LogP contribution < -0.4 is 0 Å². The van der Waals surface area contributed by atoms with Crippen molar-refractivity contribution >= 4 is 15.9 Å². The van der Waals surface area contributed by atoms with Gasteiger partial charge in [-0.05, 0) is 47.8 Å². The van der Waals surface area contributed by atoms with Crippen LogP contribution in [0.3, 0.4) is 0 Å². The number of rotatable bonds is 4. The van der Waals surface area contributed by atoms with E-state index in [9.17, 15) is 13.9 Å². The smallest absolute Gasteiger partial charge is 0.146 e. The number of hydrogen-bond acceptors (Lipinski definition) is 2. The SMILES string of the molecule is CCOC1(C(O)c2c(F)ccc(Br)c2F)CCCCC1. The van der Waals surface area contributed by atoms with Gasteiger partial charge >= 0.3 is 0 Å². The summed E-state index contributed by atoms with van der Waals surface area (Å²) in [6.45, 7) is 2.24. The first kappa shape index (κ1) is 15.9. The molecule has 1 aromatic carbocycles. The molecule has 1 saturated carbocycles. The maximum atomic E-state index is 14.2. The third-order valence-corrected chi connectivity index (χ3v) is 4.60. The lowest BCUT2D eigenvalue weighted by Crippen LogP contribution is -2.42. The minimum absolute atomic E-state index is 0.149. The van der Waals surface area contributed by atoms with Crippen molar-refractivity contribution in [2.75, 3.05) is 6.61 Å². The van der Waals surface area contributed by atoms with Gasteiger partial charge < -0.3 is 9.84 Å². The molecule has 2 rings (SSSR count). The average molecular weight is 349 g/mol. The highest BCUT2D eigenvalue weighted by Crippen LogP contribution is 2.43. The number of aliphatic hydroxyl groups excluding tert-OH is 1. The second kappa shape index (κ2) is 6.50. The van der Waals surface area contributed by atoms with Crippen molar-refractivity contribution in [3.8, 4) is 0 Å². The van der Waals surface area contributed by atoms with E-state index in [0.29, 0.717) is 19.4 Å². The summed E-state index contributed by atoms with van der Waals surface area (Å²) in [7, 11) is 0. The van der Waals surface area contributed by atoms with Crippen molar-refractivity contribution in [3.63, 3.8) is 0 Å². The van der Waals surface area contributed by atoms with Crippen LogP contribution in [-0.4, -0.2) is 17.3 Å². The lowest BCUT2D eigenvalue weighted by molar-refractivity contribution is -0.143. The van der Waals surface area contributed by atoms with E-state index in [2.05, 4.69) is 15.9 Å². The summed E-state index contributed by atoms with van der Waals surface area (Å²) in [5.41, 5.74) is -1.18. The van der Waals surface area contributed by atoms with Gasteiger partial charge in [0.15, 0.2) is 0 Å². The predicted octanol–water partition coefficient (Wildman–Crippen LogP) is 4.50. The van der Waals surface area contributed by atoms with E-state index >= 15 is 0 Å². The fraction of sp³-hybridized carbons (Fsp3) is 0.600. The fourth-order valence-electron chi connectivity index (χ4n) is 2.99. The molecule has 0 radical (unpaired) electrons. The highest BCUT2D eigenvalue weighted by Gasteiger charge is 2.43. The van der Waals surface area contributed by atoms with Crippen molar-refractivity contribution in [3.05, 3.63) is 33.8 Å². The highest BCUT2D eigenvalue weighted by atomic mass is 79.9. The standard InChI is InChI=1S/C15H19BrF2O2/c1-2-20-15(8-4-3-5-9-15)14(19)12-11(17)7-6-10(16)13(12)18/h6-7,14,19H,2-5,8-9H2,1H3. The van der Waals surface area contributed by atoms with Crippen LogP contribution in [0.25, 0.3) is 0 Å². The van der Waals surface area contributed by atoms with Crippen molar-refractivity contribution in [2.24, 2.45) is 0 Å². The molecule has 1 aliphatic rings. The number of hydrogen-bond donors (Lipinski definition) is 1. The van der Waals surface area contributed by atoms with Gasteiger partial charge in [-0.15, -0.1) is 0 Å². The molecule has 0 aliphatic heterocycles. The molecule has 1 fully saturated rings. The molecule has 0 aromatic heterocycles. The summed E-state index contributed by atoms with van der Waals surface area (Å²) >= 11 is 3.04. The van der Waals surface area contributed by atoms with Crippen LogP contribution in [0, 0.1) is 11.6 Å². The molecule has 0 spiro atoms. The van der Waals surface area contributed by atoms with Crippen LogP contribution in [0.2, 0.25) is 0 Å². The first-order chi connectivity index (χ1) is 9.52. The van der Waals surface area contributed by atoms with Gasteiger partial charge in [-0.3, -0.25) is 0 Å². The van der Waals surface area contributed by atoms with Crippen molar-refractivity contribution in [2.45, 2.75) is 50.7 Å². The van der Waals surface area contributed by atoms with Crippen molar-refractivity contribution in [1.82, 2.24) is 0 Å². The fourth-order valence-corrected chi connectivity index (χ4v) is 3.34. The quantitative estimate of drug-likeness (QED) is 0.811. The van der Waals surface area contributed by atoms with E-state index < -0.39 is 23.3 Å². The Morgan fingerprint density at radius 3 is 2.55 bits per heavy atom. The molecule has 20 heavy (non-hydrogen) atoms. The molecule has 1 aromatic rings. The predicted molar refractivity (Wildman–Crippen MR) is 76.5 cm³/mol. The second-order valence-corrected chi connectivity index (χ2v) is 6.07. The number of benzene rings is 1. The number of ether oxygens (including phenoxy) is 1. The van der Waals surface area contributed by atoms with Crippen LogP contribution in [0.1, 0.15) is 50.7 Å². The zero-order valence-corrected chi connectivity index (χ0v) is 13.1. The molecule has 0 bridgehead atoms. The Labute approximate surface area is 126 Å². The zero-order valence-electron chi connectivity index (χ0n) is 11.5. The topological polar surface area (TPSA) is 29.5 Å². The molecule has 1 aliphatic carbocycles. The molecule has 5 heteroatoms. The summed E-state index contributed by atoms with van der Waals surface area (Å²) in [5, 5.41) is 10.6. The maximum Gasteiger partial charge on any atom is 0.146 e. The van der Waals surface area contributed by atoms with Crippen LogP contribution in [0.15, 0.2) is 16.6 Å². The monoisotopic (exact) mass is 348 g/mol. The summed E-state index contributed by atoms with van der Waals surface area (Å²) in [6, 6.07) is 2.46. The maximum absolute atomic E-state index is 14.2. The average Bonchev–Trinajstić information content (AvgIpc) is 2.44. The van der Waals surface area contributed by atoms with Crippen LogP contribution in [-0.2, 0) is 4.74 Å². The number of halogens is 3. The lowest BCUT2D eigenvalue weighted by Gasteiger charge is -2.41. The third kappa shape index (κ3) is 2.90. The largest absolute Gasteiger partial charge is 0.385 e. The lowest BCUT2D eigenvalue weighted by atomic mass is 9.78. The van der Waals surface area contributed by atoms with Crippen molar-refractivity contribution < 1.29 is 18.6 Å². The Morgan fingerprint density at radius 2 is 1.95 bits per heavy atom. The van der Waals surface area contributed by atoms with Gasteiger partial charge in [-0.25, -0.2) is 8.78 Å². The molecule has 0 heterocycles. The first-order valence-electron chi connectivity index (χ1n) is 6.97. The Bertz CT molecular complexity index is 468. The van der Waals surface area contributed by atoms with Crippen LogP contribution in [0.4, 0.5) is 8.78 Å². The van der Waals surface area contributed by atoms with E-state index in [1.54, 1.807) is 0 Å². The van der Waals surface area contributed by atoms with E-state index in [0.717, 1.165) is 25.3 Å². The molecule has 112 valence electrons. The molecular weight excluding hydrogens is 330 g/mol. The molecule has 0 saturated heterocycles. The second-order valence-electron chi connectivity index (χ2n) is 5.22. The zero-order chi connectivity index (χ0) is 14.8. The number of aliphatic hydroxyl groups is 1. The summed E-state index contributed by atoms with van der Waals surface area (Å²) in [6.07, 6.45) is 2.80. The van der Waals surface area contributed by atoms with Gasteiger partial charge in [0.25, 0.3) is 0 Å². The Balaban J connectivity index is 2.42.